The van der Waals surface area contributed by atoms with Gasteiger partial charge in [-0.05, 0) is 37.0 Å². The summed E-state index contributed by atoms with van der Waals surface area (Å²) >= 11 is 0. The molecule has 1 N–H and O–H groups in total. The summed E-state index contributed by atoms with van der Waals surface area (Å²) in [6, 6.07) is 7.11. The Labute approximate surface area is 115 Å². The minimum atomic E-state index is -0.102. The normalized spacial score (nSPS) is 12.1. The maximum absolute atomic E-state index is 11.7. The van der Waals surface area contributed by atoms with Gasteiger partial charge in [0.1, 0.15) is 5.75 Å². The third-order valence-corrected chi connectivity index (χ3v) is 3.20. The van der Waals surface area contributed by atoms with Crippen molar-refractivity contribution < 1.29 is 14.6 Å². The summed E-state index contributed by atoms with van der Waals surface area (Å²) in [4.78, 5) is 11.7. The zero-order valence-corrected chi connectivity index (χ0v) is 11.9. The standard InChI is InChI=1S/C16H24O3/c1-3-4-5-12-19-16(18)13(2)6-7-14-8-10-15(17)11-9-14/h8-11,13,17H,3-7,12H2,1-2H3. The van der Waals surface area contributed by atoms with E-state index in [0.717, 1.165) is 37.7 Å². The molecular formula is C16H24O3. The smallest absolute Gasteiger partial charge is 0.308 e. The van der Waals surface area contributed by atoms with Gasteiger partial charge in [-0.3, -0.25) is 4.79 Å². The highest BCUT2D eigenvalue weighted by molar-refractivity contribution is 5.71. The van der Waals surface area contributed by atoms with Crippen LogP contribution < -0.4 is 0 Å². The van der Waals surface area contributed by atoms with Crippen molar-refractivity contribution in [3.05, 3.63) is 29.8 Å². The van der Waals surface area contributed by atoms with Crippen molar-refractivity contribution >= 4 is 5.97 Å². The van der Waals surface area contributed by atoms with Gasteiger partial charge in [-0.25, -0.2) is 0 Å². The molecule has 0 bridgehead atoms. The summed E-state index contributed by atoms with van der Waals surface area (Å²) in [6.45, 7) is 4.57. The predicted octanol–water partition coefficient (Wildman–Crippen LogP) is 3.69. The fourth-order valence-corrected chi connectivity index (χ4v) is 1.83. The van der Waals surface area contributed by atoms with Gasteiger partial charge in [-0.2, -0.15) is 0 Å². The molecule has 0 saturated carbocycles. The van der Waals surface area contributed by atoms with Crippen molar-refractivity contribution in [3.63, 3.8) is 0 Å². The van der Waals surface area contributed by atoms with Crippen LogP contribution in [0, 0.1) is 5.92 Å². The minimum Gasteiger partial charge on any atom is -0.508 e. The number of aryl methyl sites for hydroxylation is 1. The van der Waals surface area contributed by atoms with E-state index in [1.54, 1.807) is 12.1 Å². The molecule has 0 spiro atoms. The van der Waals surface area contributed by atoms with Gasteiger partial charge in [0, 0.05) is 0 Å². The van der Waals surface area contributed by atoms with E-state index in [2.05, 4.69) is 6.92 Å². The number of carbonyl (C=O) groups is 1. The fraction of sp³-hybridized carbons (Fsp3) is 0.562. The van der Waals surface area contributed by atoms with Gasteiger partial charge in [-0.1, -0.05) is 38.8 Å². The van der Waals surface area contributed by atoms with Gasteiger partial charge in [0.15, 0.2) is 0 Å². The van der Waals surface area contributed by atoms with Gasteiger partial charge < -0.3 is 9.84 Å². The Kier molecular flexibility index (Phi) is 7.01. The van der Waals surface area contributed by atoms with Gasteiger partial charge in [-0.15, -0.1) is 0 Å². The molecule has 1 rings (SSSR count). The third-order valence-electron chi connectivity index (χ3n) is 3.20. The van der Waals surface area contributed by atoms with Crippen LogP contribution in [-0.2, 0) is 16.0 Å². The summed E-state index contributed by atoms with van der Waals surface area (Å²) in [5.41, 5.74) is 1.13. The Hall–Kier alpha value is -1.51. The molecular weight excluding hydrogens is 240 g/mol. The van der Waals surface area contributed by atoms with E-state index in [-0.39, 0.29) is 17.6 Å². The Morgan fingerprint density at radius 3 is 2.58 bits per heavy atom. The lowest BCUT2D eigenvalue weighted by Gasteiger charge is -2.11. The SMILES string of the molecule is CCCCCOC(=O)C(C)CCc1ccc(O)cc1. The van der Waals surface area contributed by atoms with Crippen LogP contribution in [0.3, 0.4) is 0 Å². The first-order valence-electron chi connectivity index (χ1n) is 7.08. The first-order chi connectivity index (χ1) is 9.13. The van der Waals surface area contributed by atoms with Gasteiger partial charge in [0.2, 0.25) is 0 Å². The van der Waals surface area contributed by atoms with E-state index in [1.807, 2.05) is 19.1 Å². The Morgan fingerprint density at radius 1 is 1.26 bits per heavy atom. The van der Waals surface area contributed by atoms with E-state index in [4.69, 9.17) is 4.74 Å². The largest absolute Gasteiger partial charge is 0.508 e. The van der Waals surface area contributed by atoms with Crippen molar-refractivity contribution in [2.75, 3.05) is 6.61 Å². The van der Waals surface area contributed by atoms with E-state index < -0.39 is 0 Å². The Morgan fingerprint density at radius 2 is 1.95 bits per heavy atom. The summed E-state index contributed by atoms with van der Waals surface area (Å²) in [6.07, 6.45) is 4.79. The first-order valence-corrected chi connectivity index (χ1v) is 7.08. The fourth-order valence-electron chi connectivity index (χ4n) is 1.83. The van der Waals surface area contributed by atoms with E-state index >= 15 is 0 Å². The highest BCUT2D eigenvalue weighted by atomic mass is 16.5. The number of hydrogen-bond donors (Lipinski definition) is 1. The third kappa shape index (κ3) is 6.27. The molecule has 1 aromatic carbocycles. The maximum Gasteiger partial charge on any atom is 0.308 e. The van der Waals surface area contributed by atoms with E-state index in [0.29, 0.717) is 6.61 Å². The van der Waals surface area contributed by atoms with E-state index in [9.17, 15) is 9.90 Å². The van der Waals surface area contributed by atoms with Crippen LogP contribution in [-0.4, -0.2) is 17.7 Å². The van der Waals surface area contributed by atoms with Gasteiger partial charge >= 0.3 is 5.97 Å². The number of esters is 1. The monoisotopic (exact) mass is 264 g/mol. The second kappa shape index (κ2) is 8.57. The second-order valence-electron chi connectivity index (χ2n) is 4.98. The van der Waals surface area contributed by atoms with Crippen LogP contribution in [0.5, 0.6) is 5.75 Å². The molecule has 0 radical (unpaired) electrons. The van der Waals surface area contributed by atoms with E-state index in [1.165, 1.54) is 0 Å². The second-order valence-corrected chi connectivity index (χ2v) is 4.98. The topological polar surface area (TPSA) is 46.5 Å². The van der Waals surface area contributed by atoms with Crippen LogP contribution >= 0.6 is 0 Å². The lowest BCUT2D eigenvalue weighted by atomic mass is 10.0. The Balaban J connectivity index is 2.24. The highest BCUT2D eigenvalue weighted by Gasteiger charge is 2.14. The number of unbranched alkanes of at least 4 members (excludes halogenated alkanes) is 2. The zero-order valence-electron chi connectivity index (χ0n) is 11.9. The lowest BCUT2D eigenvalue weighted by molar-refractivity contribution is -0.148. The number of hydrogen-bond acceptors (Lipinski definition) is 3. The average molecular weight is 264 g/mol. The molecule has 0 aliphatic heterocycles. The van der Waals surface area contributed by atoms with Crippen molar-refractivity contribution in [1.29, 1.82) is 0 Å². The molecule has 3 nitrogen and oxygen atoms in total. The highest BCUT2D eigenvalue weighted by Crippen LogP contribution is 2.14. The molecule has 3 heteroatoms. The predicted molar refractivity (Wildman–Crippen MR) is 76.1 cm³/mol. The molecule has 0 amide bonds. The van der Waals surface area contributed by atoms with Crippen LogP contribution in [0.15, 0.2) is 24.3 Å². The zero-order chi connectivity index (χ0) is 14.1. The molecule has 0 aliphatic rings. The number of benzene rings is 1. The molecule has 0 aliphatic carbocycles. The number of carbonyl (C=O) groups excluding carboxylic acids is 1. The molecule has 0 saturated heterocycles. The number of rotatable bonds is 8. The van der Waals surface area contributed by atoms with Crippen LogP contribution in [0.25, 0.3) is 0 Å². The first kappa shape index (κ1) is 15.5. The van der Waals surface area contributed by atoms with Gasteiger partial charge in [0.05, 0.1) is 12.5 Å². The average Bonchev–Trinajstić information content (AvgIpc) is 2.42. The summed E-state index contributed by atoms with van der Waals surface area (Å²) in [7, 11) is 0. The van der Waals surface area contributed by atoms with Crippen LogP contribution in [0.2, 0.25) is 0 Å². The quantitative estimate of drug-likeness (QED) is 0.575. The Bertz CT molecular complexity index is 370. The van der Waals surface area contributed by atoms with Crippen LogP contribution in [0.4, 0.5) is 0 Å². The van der Waals surface area contributed by atoms with Gasteiger partial charge in [0.25, 0.3) is 0 Å². The lowest BCUT2D eigenvalue weighted by Crippen LogP contribution is -2.16. The molecule has 1 atom stereocenters. The number of ether oxygens (including phenoxy) is 1. The molecule has 0 aromatic heterocycles. The summed E-state index contributed by atoms with van der Waals surface area (Å²) < 4.78 is 5.23. The molecule has 106 valence electrons. The van der Waals surface area contributed by atoms with Crippen molar-refractivity contribution in [3.8, 4) is 5.75 Å². The minimum absolute atomic E-state index is 0.0737. The summed E-state index contributed by atoms with van der Waals surface area (Å²) in [5, 5.41) is 9.19. The number of aromatic hydroxyl groups is 1. The van der Waals surface area contributed by atoms with Crippen molar-refractivity contribution in [2.45, 2.75) is 46.0 Å². The maximum atomic E-state index is 11.7. The molecule has 0 heterocycles. The van der Waals surface area contributed by atoms with Crippen molar-refractivity contribution in [2.24, 2.45) is 5.92 Å². The van der Waals surface area contributed by atoms with Crippen LogP contribution in [0.1, 0.15) is 45.1 Å². The van der Waals surface area contributed by atoms with Crippen molar-refractivity contribution in [1.82, 2.24) is 0 Å². The molecule has 1 aromatic rings. The summed E-state index contributed by atoms with van der Waals surface area (Å²) in [5.74, 6) is 0.0949. The molecule has 1 unspecified atom stereocenters. The number of phenolic OH excluding ortho intramolecular Hbond substituents is 1. The number of phenols is 1. The molecule has 0 fully saturated rings. The molecule has 19 heavy (non-hydrogen) atoms.